The second-order valence-corrected chi connectivity index (χ2v) is 5.86. The Bertz CT molecular complexity index is 468. The molecule has 0 saturated carbocycles. The maximum atomic E-state index is 12.1. The van der Waals surface area contributed by atoms with Crippen molar-refractivity contribution < 1.29 is 9.53 Å². The smallest absolute Gasteiger partial charge is 0.252 e. The molecule has 1 aromatic carbocycles. The number of benzene rings is 1. The molecule has 21 heavy (non-hydrogen) atoms. The van der Waals surface area contributed by atoms with Crippen LogP contribution in [-0.2, 0) is 0 Å². The lowest BCUT2D eigenvalue weighted by Gasteiger charge is -2.27. The van der Waals surface area contributed by atoms with Crippen LogP contribution in [0.15, 0.2) is 18.2 Å². The minimum Gasteiger partial charge on any atom is -0.497 e. The van der Waals surface area contributed by atoms with Crippen molar-refractivity contribution in [3.63, 3.8) is 0 Å². The fourth-order valence-corrected chi connectivity index (χ4v) is 2.90. The monoisotopic (exact) mass is 425 g/mol. The molecule has 118 valence electrons. The molecule has 0 bridgehead atoms. The molecule has 7 heteroatoms. The number of carbonyl (C=O) groups excluding carboxylic acids is 1. The van der Waals surface area contributed by atoms with Gasteiger partial charge < -0.3 is 15.4 Å². The lowest BCUT2D eigenvalue weighted by atomic mass is 10.2. The topological polar surface area (TPSA) is 53.6 Å². The van der Waals surface area contributed by atoms with Gasteiger partial charge in [-0.05, 0) is 40.8 Å². The average Bonchev–Trinajstić information content (AvgIpc) is 2.48. The van der Waals surface area contributed by atoms with Gasteiger partial charge in [0.1, 0.15) is 5.75 Å². The molecule has 0 spiro atoms. The summed E-state index contributed by atoms with van der Waals surface area (Å²) in [7, 11) is 1.62. The first kappa shape index (κ1) is 18.5. The van der Waals surface area contributed by atoms with E-state index in [1.165, 1.54) is 0 Å². The molecular weight excluding hydrogens is 405 g/mol. The van der Waals surface area contributed by atoms with E-state index in [4.69, 9.17) is 4.74 Å². The summed E-state index contributed by atoms with van der Waals surface area (Å²) in [6.45, 7) is 5.75. The molecule has 1 heterocycles. The molecule has 0 radical (unpaired) electrons. The van der Waals surface area contributed by atoms with Crippen molar-refractivity contribution in [2.24, 2.45) is 0 Å². The van der Waals surface area contributed by atoms with Crippen LogP contribution < -0.4 is 15.4 Å². The molecule has 0 aromatic heterocycles. The molecule has 0 unspecified atom stereocenters. The third-order valence-electron chi connectivity index (χ3n) is 3.34. The summed E-state index contributed by atoms with van der Waals surface area (Å²) < 4.78 is 6.05. The van der Waals surface area contributed by atoms with Gasteiger partial charge >= 0.3 is 0 Å². The second-order valence-electron chi connectivity index (χ2n) is 4.69. The number of carbonyl (C=O) groups is 1. The van der Waals surface area contributed by atoms with E-state index < -0.39 is 0 Å². The van der Waals surface area contributed by atoms with Crippen LogP contribution in [0.3, 0.4) is 0 Å². The normalized spacial score (nSPS) is 15.1. The van der Waals surface area contributed by atoms with Gasteiger partial charge in [-0.15, -0.1) is 12.4 Å². The van der Waals surface area contributed by atoms with E-state index in [2.05, 4.69) is 38.1 Å². The number of halogens is 2. The lowest BCUT2D eigenvalue weighted by molar-refractivity contribution is 0.0946. The van der Waals surface area contributed by atoms with E-state index in [-0.39, 0.29) is 18.3 Å². The van der Waals surface area contributed by atoms with Crippen LogP contribution in [0.2, 0.25) is 0 Å². The summed E-state index contributed by atoms with van der Waals surface area (Å²) in [5, 5.41) is 6.29. The van der Waals surface area contributed by atoms with E-state index in [0.29, 0.717) is 12.1 Å². The fraction of sp³-hybridized carbons (Fsp3) is 0.500. The van der Waals surface area contributed by atoms with Crippen LogP contribution in [0, 0.1) is 3.57 Å². The third kappa shape index (κ3) is 5.61. The molecule has 2 N–H and O–H groups in total. The van der Waals surface area contributed by atoms with Gasteiger partial charge in [-0.1, -0.05) is 0 Å². The van der Waals surface area contributed by atoms with Crippen molar-refractivity contribution in [1.82, 2.24) is 15.5 Å². The largest absolute Gasteiger partial charge is 0.497 e. The number of nitrogens with zero attached hydrogens (tertiary/aromatic N) is 1. The zero-order chi connectivity index (χ0) is 14.4. The first-order valence-corrected chi connectivity index (χ1v) is 7.83. The Morgan fingerprint density at radius 3 is 2.76 bits per heavy atom. The minimum atomic E-state index is -0.0211. The Morgan fingerprint density at radius 2 is 2.14 bits per heavy atom. The first-order chi connectivity index (χ1) is 9.70. The number of rotatable bonds is 5. The molecule has 1 aliphatic heterocycles. The van der Waals surface area contributed by atoms with Gasteiger partial charge in [0.05, 0.1) is 12.7 Å². The van der Waals surface area contributed by atoms with Crippen molar-refractivity contribution in [2.75, 3.05) is 46.4 Å². The lowest BCUT2D eigenvalue weighted by Crippen LogP contribution is -2.46. The molecule has 5 nitrogen and oxygen atoms in total. The quantitative estimate of drug-likeness (QED) is 0.700. The van der Waals surface area contributed by atoms with Crippen LogP contribution in [0.4, 0.5) is 0 Å². The highest BCUT2D eigenvalue weighted by atomic mass is 127. The third-order valence-corrected chi connectivity index (χ3v) is 4.24. The Morgan fingerprint density at radius 1 is 1.43 bits per heavy atom. The average molecular weight is 426 g/mol. The van der Waals surface area contributed by atoms with Crippen molar-refractivity contribution >= 4 is 40.9 Å². The van der Waals surface area contributed by atoms with Gasteiger partial charge in [-0.2, -0.15) is 0 Å². The SMILES string of the molecule is COc1ccc(C(=O)NCCN2CCNCC2)c(I)c1.Cl. The molecule has 2 rings (SSSR count). The zero-order valence-corrected chi connectivity index (χ0v) is 15.0. The van der Waals surface area contributed by atoms with Crippen LogP contribution in [0.5, 0.6) is 5.75 Å². The summed E-state index contributed by atoms with van der Waals surface area (Å²) in [6, 6.07) is 5.49. The number of piperazine rings is 1. The fourth-order valence-electron chi connectivity index (χ4n) is 2.16. The van der Waals surface area contributed by atoms with E-state index in [0.717, 1.165) is 42.0 Å². The van der Waals surface area contributed by atoms with E-state index >= 15 is 0 Å². The highest BCUT2D eigenvalue weighted by Crippen LogP contribution is 2.19. The zero-order valence-electron chi connectivity index (χ0n) is 12.0. The van der Waals surface area contributed by atoms with Gasteiger partial charge in [0.15, 0.2) is 0 Å². The van der Waals surface area contributed by atoms with Crippen molar-refractivity contribution in [3.8, 4) is 5.75 Å². The Labute approximate surface area is 145 Å². The van der Waals surface area contributed by atoms with E-state index in [1.54, 1.807) is 13.2 Å². The van der Waals surface area contributed by atoms with E-state index in [9.17, 15) is 4.79 Å². The highest BCUT2D eigenvalue weighted by Gasteiger charge is 2.12. The van der Waals surface area contributed by atoms with Gasteiger partial charge in [0.2, 0.25) is 0 Å². The molecule has 1 fully saturated rings. The van der Waals surface area contributed by atoms with Crippen molar-refractivity contribution in [3.05, 3.63) is 27.3 Å². The molecule has 1 saturated heterocycles. The predicted molar refractivity (Wildman–Crippen MR) is 94.6 cm³/mol. The van der Waals surface area contributed by atoms with Crippen molar-refractivity contribution in [1.29, 1.82) is 0 Å². The van der Waals surface area contributed by atoms with Gasteiger partial charge in [-0.3, -0.25) is 9.69 Å². The first-order valence-electron chi connectivity index (χ1n) is 6.75. The maximum absolute atomic E-state index is 12.1. The number of methoxy groups -OCH3 is 1. The summed E-state index contributed by atoms with van der Waals surface area (Å²) in [5.41, 5.74) is 0.701. The predicted octanol–water partition coefficient (Wildman–Crippen LogP) is 1.36. The summed E-state index contributed by atoms with van der Waals surface area (Å²) in [4.78, 5) is 14.5. The molecule has 1 amide bonds. The maximum Gasteiger partial charge on any atom is 0.252 e. The molecule has 0 atom stereocenters. The molecule has 1 aromatic rings. The number of amides is 1. The van der Waals surface area contributed by atoms with Gasteiger partial charge in [0.25, 0.3) is 5.91 Å². The van der Waals surface area contributed by atoms with Crippen LogP contribution in [-0.4, -0.2) is 57.2 Å². The highest BCUT2D eigenvalue weighted by molar-refractivity contribution is 14.1. The minimum absolute atomic E-state index is 0. The standard InChI is InChI=1S/C14H20IN3O2.ClH/c1-20-11-2-3-12(13(15)10-11)14(19)17-6-9-18-7-4-16-5-8-18;/h2-3,10,16H,4-9H2,1H3,(H,17,19);1H. The van der Waals surface area contributed by atoms with Gasteiger partial charge in [-0.25, -0.2) is 0 Å². The van der Waals surface area contributed by atoms with Gasteiger partial charge in [0, 0.05) is 42.8 Å². The molecular formula is C14H21ClIN3O2. The summed E-state index contributed by atoms with van der Waals surface area (Å²) in [6.07, 6.45) is 0. The number of hydrogen-bond donors (Lipinski definition) is 2. The number of hydrogen-bond acceptors (Lipinski definition) is 4. The van der Waals surface area contributed by atoms with Crippen molar-refractivity contribution in [2.45, 2.75) is 0 Å². The Kier molecular flexibility index (Phi) is 8.31. The summed E-state index contributed by atoms with van der Waals surface area (Å²) in [5.74, 6) is 0.749. The Hall–Kier alpha value is -0.570. The second kappa shape index (κ2) is 9.45. The molecule has 1 aliphatic rings. The van der Waals surface area contributed by atoms with E-state index in [1.807, 2.05) is 12.1 Å². The number of nitrogens with one attached hydrogen (secondary N) is 2. The molecule has 0 aliphatic carbocycles. The Balaban J connectivity index is 0.00000220. The number of ether oxygens (including phenoxy) is 1. The van der Waals surface area contributed by atoms with Crippen LogP contribution in [0.1, 0.15) is 10.4 Å². The summed E-state index contributed by atoms with van der Waals surface area (Å²) >= 11 is 2.16. The van der Waals surface area contributed by atoms with Crippen LogP contribution >= 0.6 is 35.0 Å². The van der Waals surface area contributed by atoms with Crippen LogP contribution in [0.25, 0.3) is 0 Å².